The average Bonchev–Trinajstić information content (AvgIpc) is 2.72. The SMILES string of the molecule is Cc1ccc(COc2cc3c(cc2N)C(Cc2cc(Br)c(C)c(Br)c2)CCC3)cc1. The molecule has 0 aliphatic heterocycles. The number of halogens is 2. The third-order valence-corrected chi connectivity index (χ3v) is 7.70. The first-order valence-electron chi connectivity index (χ1n) is 10.5. The molecule has 0 heterocycles. The normalized spacial score (nSPS) is 15.7. The van der Waals surface area contributed by atoms with Crippen LogP contribution in [0.15, 0.2) is 57.5 Å². The number of hydrogen-bond acceptors (Lipinski definition) is 2. The van der Waals surface area contributed by atoms with Gasteiger partial charge >= 0.3 is 0 Å². The third kappa shape index (κ3) is 4.76. The second-order valence-corrected chi connectivity index (χ2v) is 10.0. The van der Waals surface area contributed by atoms with Gasteiger partial charge in [0.2, 0.25) is 0 Å². The van der Waals surface area contributed by atoms with Crippen molar-refractivity contribution in [2.75, 3.05) is 5.73 Å². The molecule has 3 aromatic carbocycles. The highest BCUT2D eigenvalue weighted by atomic mass is 79.9. The number of fused-ring (bicyclic) bond motifs is 1. The van der Waals surface area contributed by atoms with Crippen LogP contribution in [0.2, 0.25) is 0 Å². The Morgan fingerprint density at radius 2 is 1.67 bits per heavy atom. The zero-order chi connectivity index (χ0) is 21.3. The Bertz CT molecular complexity index is 1040. The van der Waals surface area contributed by atoms with Crippen LogP contribution >= 0.6 is 31.9 Å². The highest BCUT2D eigenvalue weighted by Gasteiger charge is 2.23. The van der Waals surface area contributed by atoms with Crippen molar-refractivity contribution in [2.45, 2.75) is 52.1 Å². The molecule has 156 valence electrons. The fourth-order valence-electron chi connectivity index (χ4n) is 4.23. The summed E-state index contributed by atoms with van der Waals surface area (Å²) in [6.45, 7) is 4.75. The minimum atomic E-state index is 0.490. The first kappa shape index (κ1) is 21.5. The highest BCUT2D eigenvalue weighted by Crippen LogP contribution is 2.40. The van der Waals surface area contributed by atoms with E-state index >= 15 is 0 Å². The summed E-state index contributed by atoms with van der Waals surface area (Å²) in [6.07, 6.45) is 4.51. The predicted molar refractivity (Wildman–Crippen MR) is 132 cm³/mol. The Hall–Kier alpha value is -1.78. The number of nitrogen functional groups attached to an aromatic ring is 1. The Balaban J connectivity index is 1.54. The summed E-state index contributed by atoms with van der Waals surface area (Å²) in [6, 6.07) is 17.3. The van der Waals surface area contributed by atoms with Crippen LogP contribution < -0.4 is 10.5 Å². The van der Waals surface area contributed by atoms with Gasteiger partial charge in [-0.15, -0.1) is 0 Å². The summed E-state index contributed by atoms with van der Waals surface area (Å²) in [5, 5.41) is 0. The maximum absolute atomic E-state index is 6.42. The second kappa shape index (κ2) is 9.15. The summed E-state index contributed by atoms with van der Waals surface area (Å²) < 4.78 is 8.40. The molecule has 3 aromatic rings. The molecule has 30 heavy (non-hydrogen) atoms. The Morgan fingerprint density at radius 3 is 2.37 bits per heavy atom. The fourth-order valence-corrected chi connectivity index (χ4v) is 5.51. The smallest absolute Gasteiger partial charge is 0.142 e. The highest BCUT2D eigenvalue weighted by molar-refractivity contribution is 9.11. The van der Waals surface area contributed by atoms with Crippen LogP contribution in [-0.2, 0) is 19.4 Å². The average molecular weight is 529 g/mol. The standard InChI is InChI=1S/C26H27Br2NO/c1-16-6-8-18(9-7-16)15-30-26-13-21-5-3-4-20(22(21)14-25(26)29)10-19-11-23(27)17(2)24(28)12-19/h6-9,11-14,20H,3-5,10,15,29H2,1-2H3. The van der Waals surface area contributed by atoms with E-state index in [2.05, 4.69) is 94.2 Å². The van der Waals surface area contributed by atoms with Crippen molar-refractivity contribution in [3.05, 3.63) is 90.9 Å². The molecule has 1 unspecified atom stereocenters. The van der Waals surface area contributed by atoms with Crippen LogP contribution in [0.3, 0.4) is 0 Å². The van der Waals surface area contributed by atoms with E-state index in [0.717, 1.165) is 38.8 Å². The molecule has 1 aliphatic rings. The van der Waals surface area contributed by atoms with Gasteiger partial charge < -0.3 is 10.5 Å². The van der Waals surface area contributed by atoms with Crippen LogP contribution in [0.25, 0.3) is 0 Å². The molecular weight excluding hydrogens is 502 g/mol. The van der Waals surface area contributed by atoms with Gasteiger partial charge in [0.15, 0.2) is 0 Å². The topological polar surface area (TPSA) is 35.2 Å². The summed E-state index contributed by atoms with van der Waals surface area (Å²) in [4.78, 5) is 0. The van der Waals surface area contributed by atoms with E-state index in [0.29, 0.717) is 12.5 Å². The van der Waals surface area contributed by atoms with Gasteiger partial charge in [-0.3, -0.25) is 0 Å². The summed E-state index contributed by atoms with van der Waals surface area (Å²) >= 11 is 7.38. The molecule has 1 atom stereocenters. The number of ether oxygens (including phenoxy) is 1. The predicted octanol–water partition coefficient (Wildman–Crippen LogP) is 7.65. The number of hydrogen-bond donors (Lipinski definition) is 1. The van der Waals surface area contributed by atoms with Crippen molar-refractivity contribution in [1.82, 2.24) is 0 Å². The second-order valence-electron chi connectivity index (χ2n) is 8.34. The lowest BCUT2D eigenvalue weighted by Crippen LogP contribution is -2.13. The fraction of sp³-hybridized carbons (Fsp3) is 0.308. The Morgan fingerprint density at radius 1 is 0.967 bits per heavy atom. The Labute approximate surface area is 196 Å². The van der Waals surface area contributed by atoms with Gasteiger partial charge in [-0.25, -0.2) is 0 Å². The third-order valence-electron chi connectivity index (χ3n) is 6.05. The molecule has 0 saturated heterocycles. The molecular formula is C26H27Br2NO. The summed E-state index contributed by atoms with van der Waals surface area (Å²) in [5.74, 6) is 1.29. The molecule has 0 amide bonds. The van der Waals surface area contributed by atoms with Crippen LogP contribution in [0, 0.1) is 13.8 Å². The number of nitrogens with two attached hydrogens (primary N) is 1. The van der Waals surface area contributed by atoms with Gasteiger partial charge in [0, 0.05) is 8.95 Å². The van der Waals surface area contributed by atoms with Crippen molar-refractivity contribution < 1.29 is 4.74 Å². The zero-order valence-electron chi connectivity index (χ0n) is 17.5. The van der Waals surface area contributed by atoms with E-state index in [1.807, 2.05) is 0 Å². The number of benzene rings is 3. The van der Waals surface area contributed by atoms with Gasteiger partial charge in [-0.05, 0) is 97.5 Å². The van der Waals surface area contributed by atoms with Crippen molar-refractivity contribution >= 4 is 37.5 Å². The van der Waals surface area contributed by atoms with E-state index < -0.39 is 0 Å². The molecule has 0 saturated carbocycles. The largest absolute Gasteiger partial charge is 0.487 e. The van der Waals surface area contributed by atoms with Crippen molar-refractivity contribution in [1.29, 1.82) is 0 Å². The van der Waals surface area contributed by atoms with E-state index in [1.165, 1.54) is 40.7 Å². The first-order chi connectivity index (χ1) is 14.4. The van der Waals surface area contributed by atoms with Gasteiger partial charge in [0.1, 0.15) is 12.4 Å². The molecule has 0 spiro atoms. The van der Waals surface area contributed by atoms with Crippen molar-refractivity contribution in [3.8, 4) is 5.75 Å². The molecule has 4 rings (SSSR count). The molecule has 0 fully saturated rings. The zero-order valence-corrected chi connectivity index (χ0v) is 20.6. The van der Waals surface area contributed by atoms with E-state index in [1.54, 1.807) is 0 Å². The Kier molecular flexibility index (Phi) is 6.54. The van der Waals surface area contributed by atoms with Gasteiger partial charge in [-0.1, -0.05) is 61.7 Å². The minimum Gasteiger partial charge on any atom is -0.487 e. The number of aryl methyl sites for hydroxylation is 2. The van der Waals surface area contributed by atoms with Gasteiger partial charge in [0.05, 0.1) is 5.69 Å². The van der Waals surface area contributed by atoms with Gasteiger partial charge in [0.25, 0.3) is 0 Å². The summed E-state index contributed by atoms with van der Waals surface area (Å²) in [7, 11) is 0. The van der Waals surface area contributed by atoms with E-state index in [4.69, 9.17) is 10.5 Å². The molecule has 0 aromatic heterocycles. The number of anilines is 1. The van der Waals surface area contributed by atoms with E-state index in [9.17, 15) is 0 Å². The number of rotatable bonds is 5. The van der Waals surface area contributed by atoms with E-state index in [-0.39, 0.29) is 0 Å². The molecule has 2 nitrogen and oxygen atoms in total. The lowest BCUT2D eigenvalue weighted by atomic mass is 9.79. The molecule has 1 aliphatic carbocycles. The maximum Gasteiger partial charge on any atom is 0.142 e. The maximum atomic E-state index is 6.42. The minimum absolute atomic E-state index is 0.490. The van der Waals surface area contributed by atoms with Crippen LogP contribution in [-0.4, -0.2) is 0 Å². The van der Waals surface area contributed by atoms with Crippen molar-refractivity contribution in [3.63, 3.8) is 0 Å². The monoisotopic (exact) mass is 527 g/mol. The van der Waals surface area contributed by atoms with Crippen LogP contribution in [0.4, 0.5) is 5.69 Å². The molecule has 0 bridgehead atoms. The van der Waals surface area contributed by atoms with Gasteiger partial charge in [-0.2, -0.15) is 0 Å². The molecule has 2 N–H and O–H groups in total. The lowest BCUT2D eigenvalue weighted by molar-refractivity contribution is 0.307. The first-order valence-corrected chi connectivity index (χ1v) is 12.0. The van der Waals surface area contributed by atoms with Crippen LogP contribution in [0.5, 0.6) is 5.75 Å². The molecule has 0 radical (unpaired) electrons. The molecule has 4 heteroatoms. The van der Waals surface area contributed by atoms with Crippen LogP contribution in [0.1, 0.15) is 52.1 Å². The summed E-state index contributed by atoms with van der Waals surface area (Å²) in [5.41, 5.74) is 14.9. The van der Waals surface area contributed by atoms with Crippen molar-refractivity contribution in [2.24, 2.45) is 0 Å². The quantitative estimate of drug-likeness (QED) is 0.345. The lowest BCUT2D eigenvalue weighted by Gasteiger charge is -2.27.